The zero-order valence-electron chi connectivity index (χ0n) is 17.4. The Balaban J connectivity index is 1.87. The highest BCUT2D eigenvalue weighted by molar-refractivity contribution is 6.17. The van der Waals surface area contributed by atoms with E-state index < -0.39 is 0 Å². The number of likely N-dealkylation sites (N-methyl/N-ethyl adjacent to an activating group) is 1. The number of hydrogen-bond acceptors (Lipinski definition) is 6. The van der Waals surface area contributed by atoms with E-state index in [0.717, 1.165) is 19.6 Å². The second-order valence-corrected chi connectivity index (χ2v) is 6.58. The van der Waals surface area contributed by atoms with Crippen LogP contribution in [0.3, 0.4) is 0 Å². The molecule has 0 saturated heterocycles. The minimum atomic E-state index is -0.195. The molecular weight excluding hydrogens is 370 g/mol. The number of furan rings is 1. The Bertz CT molecular complexity index is 975. The molecule has 0 spiro atoms. The highest BCUT2D eigenvalue weighted by Crippen LogP contribution is 2.31. The van der Waals surface area contributed by atoms with Gasteiger partial charge in [0.15, 0.2) is 0 Å². The minimum absolute atomic E-state index is 0.195. The van der Waals surface area contributed by atoms with Crippen LogP contribution in [-0.4, -0.2) is 51.1 Å². The summed E-state index contributed by atoms with van der Waals surface area (Å²) < 4.78 is 22.1. The summed E-state index contributed by atoms with van der Waals surface area (Å²) >= 11 is 0. The topological polar surface area (TPSA) is 61.1 Å². The molecule has 6 nitrogen and oxygen atoms in total. The van der Waals surface area contributed by atoms with Crippen LogP contribution in [-0.2, 0) is 0 Å². The number of ketones is 1. The van der Waals surface area contributed by atoms with Crippen molar-refractivity contribution in [3.05, 3.63) is 53.8 Å². The Kier molecular flexibility index (Phi) is 6.77. The molecule has 0 aliphatic heterocycles. The van der Waals surface area contributed by atoms with Crippen molar-refractivity contribution >= 4 is 16.8 Å². The van der Waals surface area contributed by atoms with Crippen molar-refractivity contribution < 1.29 is 23.4 Å². The second kappa shape index (κ2) is 9.47. The van der Waals surface area contributed by atoms with E-state index >= 15 is 0 Å². The molecule has 2 aromatic carbocycles. The number of ether oxygens (including phenoxy) is 3. The first kappa shape index (κ1) is 20.7. The summed E-state index contributed by atoms with van der Waals surface area (Å²) in [7, 11) is 3.10. The molecule has 0 radical (unpaired) electrons. The van der Waals surface area contributed by atoms with Crippen LogP contribution in [0.1, 0.15) is 29.8 Å². The van der Waals surface area contributed by atoms with Crippen LogP contribution in [0, 0.1) is 0 Å². The molecule has 0 amide bonds. The summed E-state index contributed by atoms with van der Waals surface area (Å²) in [5, 5.41) is 0.709. The first-order valence-electron chi connectivity index (χ1n) is 9.74. The van der Waals surface area contributed by atoms with Crippen molar-refractivity contribution in [3.8, 4) is 17.2 Å². The van der Waals surface area contributed by atoms with Gasteiger partial charge in [0.25, 0.3) is 0 Å². The van der Waals surface area contributed by atoms with Gasteiger partial charge < -0.3 is 23.5 Å². The molecule has 0 atom stereocenters. The average molecular weight is 397 g/mol. The van der Waals surface area contributed by atoms with Crippen molar-refractivity contribution in [1.82, 2.24) is 4.90 Å². The summed E-state index contributed by atoms with van der Waals surface area (Å²) in [5.74, 6) is 1.58. The summed E-state index contributed by atoms with van der Waals surface area (Å²) in [6.07, 6.45) is 1.48. The van der Waals surface area contributed by atoms with E-state index in [-0.39, 0.29) is 5.78 Å². The van der Waals surface area contributed by atoms with Crippen LogP contribution < -0.4 is 14.2 Å². The number of nitrogens with zero attached hydrogens (tertiary/aromatic N) is 1. The lowest BCUT2D eigenvalue weighted by molar-refractivity contribution is 0.103. The molecule has 3 rings (SSSR count). The van der Waals surface area contributed by atoms with Crippen LogP contribution in [0.4, 0.5) is 0 Å². The third-order valence-electron chi connectivity index (χ3n) is 5.01. The number of carbonyl (C=O) groups excluding carboxylic acids is 1. The van der Waals surface area contributed by atoms with Crippen molar-refractivity contribution in [1.29, 1.82) is 0 Å². The van der Waals surface area contributed by atoms with E-state index in [4.69, 9.17) is 18.6 Å². The van der Waals surface area contributed by atoms with Crippen molar-refractivity contribution in [2.45, 2.75) is 13.8 Å². The SMILES string of the molecule is CCN(CC)CCOc1ccc2occ(C(=O)c3cc(OC)ccc3OC)c2c1. The Morgan fingerprint density at radius 2 is 1.72 bits per heavy atom. The van der Waals surface area contributed by atoms with Gasteiger partial charge in [-0.3, -0.25) is 4.79 Å². The summed E-state index contributed by atoms with van der Waals surface area (Å²) in [6, 6.07) is 10.7. The van der Waals surface area contributed by atoms with Gasteiger partial charge >= 0.3 is 0 Å². The van der Waals surface area contributed by atoms with Gasteiger partial charge in [0.2, 0.25) is 5.78 Å². The molecule has 0 N–H and O–H groups in total. The zero-order valence-corrected chi connectivity index (χ0v) is 17.4. The molecule has 1 aromatic heterocycles. The molecule has 0 aliphatic rings. The van der Waals surface area contributed by atoms with Crippen LogP contribution in [0.2, 0.25) is 0 Å². The van der Waals surface area contributed by atoms with Gasteiger partial charge in [-0.2, -0.15) is 0 Å². The van der Waals surface area contributed by atoms with Gasteiger partial charge in [-0.1, -0.05) is 13.8 Å². The second-order valence-electron chi connectivity index (χ2n) is 6.58. The van der Waals surface area contributed by atoms with Gasteiger partial charge in [-0.25, -0.2) is 0 Å². The van der Waals surface area contributed by atoms with E-state index in [1.54, 1.807) is 25.3 Å². The molecule has 0 unspecified atom stereocenters. The molecule has 29 heavy (non-hydrogen) atoms. The number of rotatable bonds is 10. The maximum absolute atomic E-state index is 13.2. The van der Waals surface area contributed by atoms with Crippen molar-refractivity contribution in [2.24, 2.45) is 0 Å². The van der Waals surface area contributed by atoms with Crippen molar-refractivity contribution in [2.75, 3.05) is 40.5 Å². The first-order chi connectivity index (χ1) is 14.1. The first-order valence-corrected chi connectivity index (χ1v) is 9.74. The highest BCUT2D eigenvalue weighted by atomic mass is 16.5. The van der Waals surface area contributed by atoms with Gasteiger partial charge in [0.05, 0.1) is 25.3 Å². The standard InChI is InChI=1S/C23H27NO5/c1-5-24(6-2)11-12-28-17-8-10-22-18(14-17)20(15-29-22)23(25)19-13-16(26-3)7-9-21(19)27-4/h7-10,13-15H,5-6,11-12H2,1-4H3. The molecule has 0 bridgehead atoms. The quantitative estimate of drug-likeness (QED) is 0.473. The van der Waals surface area contributed by atoms with Gasteiger partial charge in [-0.15, -0.1) is 0 Å². The molecular formula is C23H27NO5. The predicted octanol–water partition coefficient (Wildman–Crippen LogP) is 4.40. The molecule has 154 valence electrons. The fourth-order valence-electron chi connectivity index (χ4n) is 3.24. The maximum Gasteiger partial charge on any atom is 0.200 e. The summed E-state index contributed by atoms with van der Waals surface area (Å²) in [4.78, 5) is 15.5. The minimum Gasteiger partial charge on any atom is -0.497 e. The Hall–Kier alpha value is -2.99. The van der Waals surface area contributed by atoms with Crippen molar-refractivity contribution in [3.63, 3.8) is 0 Å². The largest absolute Gasteiger partial charge is 0.497 e. The zero-order chi connectivity index (χ0) is 20.8. The lowest BCUT2D eigenvalue weighted by atomic mass is 10.0. The number of methoxy groups -OCH3 is 2. The molecule has 3 aromatic rings. The Morgan fingerprint density at radius 3 is 2.41 bits per heavy atom. The lowest BCUT2D eigenvalue weighted by Gasteiger charge is -2.18. The molecule has 6 heteroatoms. The van der Waals surface area contributed by atoms with Gasteiger partial charge in [-0.05, 0) is 49.5 Å². The van der Waals surface area contributed by atoms with Crippen LogP contribution in [0.5, 0.6) is 17.2 Å². The summed E-state index contributed by atoms with van der Waals surface area (Å²) in [6.45, 7) is 7.67. The maximum atomic E-state index is 13.2. The normalized spacial score (nSPS) is 11.1. The van der Waals surface area contributed by atoms with Gasteiger partial charge in [0, 0.05) is 11.9 Å². The number of benzene rings is 2. The van der Waals surface area contributed by atoms with E-state index in [1.807, 2.05) is 18.2 Å². The third-order valence-corrected chi connectivity index (χ3v) is 5.01. The van der Waals surface area contributed by atoms with Gasteiger partial charge in [0.1, 0.15) is 35.7 Å². The lowest BCUT2D eigenvalue weighted by Crippen LogP contribution is -2.27. The monoisotopic (exact) mass is 397 g/mol. The van der Waals surface area contributed by atoms with Crippen LogP contribution in [0.15, 0.2) is 47.1 Å². The number of fused-ring (bicyclic) bond motifs is 1. The average Bonchev–Trinajstić information content (AvgIpc) is 3.19. The smallest absolute Gasteiger partial charge is 0.200 e. The number of carbonyl (C=O) groups is 1. The Labute approximate surface area is 171 Å². The highest BCUT2D eigenvalue weighted by Gasteiger charge is 2.20. The molecule has 0 fully saturated rings. The predicted molar refractivity (Wildman–Crippen MR) is 112 cm³/mol. The number of hydrogen-bond donors (Lipinski definition) is 0. The molecule has 0 aliphatic carbocycles. The van der Waals surface area contributed by atoms with E-state index in [0.29, 0.717) is 46.0 Å². The third kappa shape index (κ3) is 4.54. The van der Waals surface area contributed by atoms with Crippen LogP contribution >= 0.6 is 0 Å². The summed E-state index contributed by atoms with van der Waals surface area (Å²) in [5.41, 5.74) is 1.51. The fraction of sp³-hybridized carbons (Fsp3) is 0.348. The molecule has 0 saturated carbocycles. The van der Waals surface area contributed by atoms with E-state index in [1.165, 1.54) is 13.4 Å². The Morgan fingerprint density at radius 1 is 0.966 bits per heavy atom. The fourth-order valence-corrected chi connectivity index (χ4v) is 3.24. The van der Waals surface area contributed by atoms with E-state index in [2.05, 4.69) is 18.7 Å². The molecule has 1 heterocycles. The van der Waals surface area contributed by atoms with Crippen LogP contribution in [0.25, 0.3) is 11.0 Å². The van der Waals surface area contributed by atoms with E-state index in [9.17, 15) is 4.79 Å².